The van der Waals surface area contributed by atoms with Crippen LogP contribution in [0.5, 0.6) is 0 Å². The summed E-state index contributed by atoms with van der Waals surface area (Å²) in [7, 11) is 0. The first-order chi connectivity index (χ1) is 6.77. The number of hydrogen-bond acceptors (Lipinski definition) is 4. The molecule has 0 spiro atoms. The first kappa shape index (κ1) is 9.23. The lowest BCUT2D eigenvalue weighted by atomic mass is 10.1. The molecule has 1 amide bonds. The molecule has 76 valence electrons. The van der Waals surface area contributed by atoms with E-state index < -0.39 is 6.17 Å². The van der Waals surface area contributed by atoms with Gasteiger partial charge >= 0.3 is 0 Å². The number of hydrogen-bond donors (Lipinski definition) is 4. The molecule has 2 heterocycles. The molecule has 5 nitrogen and oxygen atoms in total. The van der Waals surface area contributed by atoms with E-state index in [0.29, 0.717) is 6.54 Å². The topological polar surface area (TPSA) is 79.2 Å². The van der Waals surface area contributed by atoms with Gasteiger partial charge in [0.1, 0.15) is 0 Å². The van der Waals surface area contributed by atoms with Crippen molar-refractivity contribution in [3.8, 4) is 0 Å². The molecule has 2 aliphatic rings. The summed E-state index contributed by atoms with van der Waals surface area (Å²) in [5.74, 6) is -0.377. The summed E-state index contributed by atoms with van der Waals surface area (Å²) in [6.07, 6.45) is 5.53. The standard InChI is InChI=1S/C9H14N4O/c10-8(14)9-12-5-7-6(13-9)3-1-2-4-11-7/h1-3,7,9,11-13H,4-5H2,(H2,10,14). The van der Waals surface area contributed by atoms with Crippen molar-refractivity contribution in [1.29, 1.82) is 0 Å². The number of carbonyl (C=O) groups is 1. The van der Waals surface area contributed by atoms with Crippen LogP contribution in [0.4, 0.5) is 0 Å². The zero-order valence-electron chi connectivity index (χ0n) is 7.79. The Labute approximate surface area is 82.4 Å². The van der Waals surface area contributed by atoms with Crippen molar-refractivity contribution in [2.75, 3.05) is 13.1 Å². The van der Waals surface area contributed by atoms with E-state index in [-0.39, 0.29) is 11.9 Å². The van der Waals surface area contributed by atoms with E-state index in [1.807, 2.05) is 18.2 Å². The maximum atomic E-state index is 10.9. The minimum atomic E-state index is -0.453. The molecular weight excluding hydrogens is 180 g/mol. The van der Waals surface area contributed by atoms with Crippen LogP contribution in [0.3, 0.4) is 0 Å². The number of fused-ring (bicyclic) bond motifs is 1. The Morgan fingerprint density at radius 1 is 1.50 bits per heavy atom. The molecule has 5 N–H and O–H groups in total. The maximum absolute atomic E-state index is 10.9. The van der Waals surface area contributed by atoms with Crippen LogP contribution in [0.15, 0.2) is 23.9 Å². The zero-order chi connectivity index (χ0) is 9.97. The molecule has 0 aromatic rings. The van der Waals surface area contributed by atoms with Crippen molar-refractivity contribution < 1.29 is 4.79 Å². The second-order valence-corrected chi connectivity index (χ2v) is 3.40. The van der Waals surface area contributed by atoms with Crippen molar-refractivity contribution >= 4 is 5.91 Å². The van der Waals surface area contributed by atoms with E-state index in [1.54, 1.807) is 0 Å². The molecule has 0 bridgehead atoms. The number of carbonyl (C=O) groups excluding carboxylic acids is 1. The summed E-state index contributed by atoms with van der Waals surface area (Å²) in [5.41, 5.74) is 6.21. The van der Waals surface area contributed by atoms with Gasteiger partial charge in [-0.3, -0.25) is 10.1 Å². The van der Waals surface area contributed by atoms with E-state index in [2.05, 4.69) is 16.0 Å². The molecule has 2 atom stereocenters. The molecule has 0 aromatic carbocycles. The molecule has 2 aliphatic heterocycles. The molecular formula is C9H14N4O. The van der Waals surface area contributed by atoms with E-state index in [9.17, 15) is 4.79 Å². The molecule has 2 rings (SSSR count). The Kier molecular flexibility index (Phi) is 2.51. The summed E-state index contributed by atoms with van der Waals surface area (Å²) >= 11 is 0. The lowest BCUT2D eigenvalue weighted by Crippen LogP contribution is -2.61. The van der Waals surface area contributed by atoms with Crippen LogP contribution in [-0.4, -0.2) is 31.2 Å². The fourth-order valence-corrected chi connectivity index (χ4v) is 1.63. The van der Waals surface area contributed by atoms with Crippen LogP contribution >= 0.6 is 0 Å². The van der Waals surface area contributed by atoms with E-state index >= 15 is 0 Å². The normalized spacial score (nSPS) is 31.0. The summed E-state index contributed by atoms with van der Waals surface area (Å²) in [5, 5.41) is 9.40. The Balaban J connectivity index is 2.09. The summed E-state index contributed by atoms with van der Waals surface area (Å²) < 4.78 is 0. The Hall–Kier alpha value is -1.33. The molecule has 0 aliphatic carbocycles. The van der Waals surface area contributed by atoms with Crippen LogP contribution in [-0.2, 0) is 4.79 Å². The van der Waals surface area contributed by atoms with Gasteiger partial charge in [-0.2, -0.15) is 0 Å². The average molecular weight is 194 g/mol. The smallest absolute Gasteiger partial charge is 0.254 e. The molecule has 1 saturated heterocycles. The minimum Gasteiger partial charge on any atom is -0.367 e. The lowest BCUT2D eigenvalue weighted by Gasteiger charge is -2.32. The van der Waals surface area contributed by atoms with Crippen molar-refractivity contribution in [3.63, 3.8) is 0 Å². The van der Waals surface area contributed by atoms with E-state index in [1.165, 1.54) is 0 Å². The van der Waals surface area contributed by atoms with Crippen molar-refractivity contribution in [2.45, 2.75) is 12.2 Å². The fourth-order valence-electron chi connectivity index (χ4n) is 1.63. The highest BCUT2D eigenvalue weighted by Gasteiger charge is 2.26. The third-order valence-corrected chi connectivity index (χ3v) is 2.39. The van der Waals surface area contributed by atoms with Crippen LogP contribution in [0.25, 0.3) is 0 Å². The number of allylic oxidation sites excluding steroid dienone is 2. The maximum Gasteiger partial charge on any atom is 0.254 e. The third-order valence-electron chi connectivity index (χ3n) is 2.39. The van der Waals surface area contributed by atoms with Gasteiger partial charge in [0.05, 0.1) is 6.04 Å². The first-order valence-corrected chi connectivity index (χ1v) is 4.67. The molecule has 1 fully saturated rings. The Morgan fingerprint density at radius 2 is 2.36 bits per heavy atom. The van der Waals surface area contributed by atoms with E-state index in [0.717, 1.165) is 12.2 Å². The summed E-state index contributed by atoms with van der Waals surface area (Å²) in [6.45, 7) is 1.56. The molecule has 0 radical (unpaired) electrons. The number of nitrogens with one attached hydrogen (secondary N) is 3. The van der Waals surface area contributed by atoms with Crippen molar-refractivity contribution in [2.24, 2.45) is 5.73 Å². The van der Waals surface area contributed by atoms with Gasteiger partial charge in [-0.05, 0) is 6.08 Å². The number of primary amides is 1. The van der Waals surface area contributed by atoms with Crippen LogP contribution in [0.1, 0.15) is 0 Å². The van der Waals surface area contributed by atoms with Crippen molar-refractivity contribution in [1.82, 2.24) is 16.0 Å². The SMILES string of the molecule is NC(=O)C1NCC2NCC=CC=C2N1. The molecule has 0 saturated carbocycles. The predicted molar refractivity (Wildman–Crippen MR) is 53.1 cm³/mol. The lowest BCUT2D eigenvalue weighted by molar-refractivity contribution is -0.120. The van der Waals surface area contributed by atoms with Gasteiger partial charge in [0.15, 0.2) is 6.17 Å². The van der Waals surface area contributed by atoms with Crippen LogP contribution < -0.4 is 21.7 Å². The van der Waals surface area contributed by atoms with Gasteiger partial charge in [-0.1, -0.05) is 12.2 Å². The quantitative estimate of drug-likeness (QED) is 0.405. The molecule has 0 aromatic heterocycles. The zero-order valence-corrected chi connectivity index (χ0v) is 7.79. The van der Waals surface area contributed by atoms with Crippen LogP contribution in [0.2, 0.25) is 0 Å². The van der Waals surface area contributed by atoms with Gasteiger partial charge < -0.3 is 16.4 Å². The van der Waals surface area contributed by atoms with E-state index in [4.69, 9.17) is 5.73 Å². The summed E-state index contributed by atoms with van der Waals surface area (Å²) in [4.78, 5) is 10.9. The largest absolute Gasteiger partial charge is 0.367 e. The number of nitrogens with two attached hydrogens (primary N) is 1. The monoisotopic (exact) mass is 194 g/mol. The molecule has 2 unspecified atom stereocenters. The van der Waals surface area contributed by atoms with Crippen LogP contribution in [0, 0.1) is 0 Å². The number of rotatable bonds is 1. The highest BCUT2D eigenvalue weighted by molar-refractivity contribution is 5.80. The second-order valence-electron chi connectivity index (χ2n) is 3.40. The van der Waals surface area contributed by atoms with Gasteiger partial charge in [0, 0.05) is 18.8 Å². The van der Waals surface area contributed by atoms with Gasteiger partial charge in [0.25, 0.3) is 5.91 Å². The molecule has 5 heteroatoms. The van der Waals surface area contributed by atoms with Gasteiger partial charge in [-0.15, -0.1) is 0 Å². The van der Waals surface area contributed by atoms with Gasteiger partial charge in [0.2, 0.25) is 0 Å². The number of amides is 1. The Bertz CT molecular complexity index is 297. The highest BCUT2D eigenvalue weighted by Crippen LogP contribution is 2.07. The minimum absolute atomic E-state index is 0.237. The predicted octanol–water partition coefficient (Wildman–Crippen LogP) is -1.60. The average Bonchev–Trinajstić information content (AvgIpc) is 2.41. The Morgan fingerprint density at radius 3 is 3.14 bits per heavy atom. The van der Waals surface area contributed by atoms with Crippen molar-refractivity contribution in [3.05, 3.63) is 23.9 Å². The molecule has 14 heavy (non-hydrogen) atoms. The highest BCUT2D eigenvalue weighted by atomic mass is 16.1. The summed E-state index contributed by atoms with van der Waals surface area (Å²) in [6, 6.07) is 0.237. The third kappa shape index (κ3) is 1.78. The van der Waals surface area contributed by atoms with Gasteiger partial charge in [-0.25, -0.2) is 0 Å². The fraction of sp³-hybridized carbons (Fsp3) is 0.444. The second kappa shape index (κ2) is 3.81. The first-order valence-electron chi connectivity index (χ1n) is 4.67.